The predicted molar refractivity (Wildman–Crippen MR) is 81.4 cm³/mol. The highest BCUT2D eigenvalue weighted by Gasteiger charge is 2.33. The predicted octanol–water partition coefficient (Wildman–Crippen LogP) is 4.19. The van der Waals surface area contributed by atoms with E-state index in [1.807, 2.05) is 0 Å². The Hall–Kier alpha value is -1.81. The molecule has 0 aromatic heterocycles. The molecule has 0 aliphatic heterocycles. The van der Waals surface area contributed by atoms with Crippen molar-refractivity contribution in [2.24, 2.45) is 0 Å². The summed E-state index contributed by atoms with van der Waals surface area (Å²) >= 11 is 3.14. The van der Waals surface area contributed by atoms with E-state index in [-0.39, 0.29) is 5.56 Å². The largest absolute Gasteiger partial charge is 0.294 e. The zero-order valence-electron chi connectivity index (χ0n) is 12.1. The minimum atomic E-state index is -4.92. The number of rotatable bonds is 5. The molecule has 10 heteroatoms. The zero-order chi connectivity index (χ0) is 18.9. The van der Waals surface area contributed by atoms with Gasteiger partial charge in [-0.3, -0.25) is 4.79 Å². The third-order valence-electron chi connectivity index (χ3n) is 3.24. The van der Waals surface area contributed by atoms with Crippen molar-refractivity contribution in [3.05, 3.63) is 63.4 Å². The van der Waals surface area contributed by atoms with Crippen molar-refractivity contribution >= 4 is 31.6 Å². The second-order valence-corrected chi connectivity index (χ2v) is 7.86. The van der Waals surface area contributed by atoms with Crippen molar-refractivity contribution in [3.8, 4) is 0 Å². The van der Waals surface area contributed by atoms with Gasteiger partial charge < -0.3 is 0 Å². The molecular formula is C15H8BrF5O3S. The summed E-state index contributed by atoms with van der Waals surface area (Å²) in [6.07, 6.45) is -0.691. The molecule has 3 nitrogen and oxygen atoms in total. The number of halogens is 6. The van der Waals surface area contributed by atoms with Gasteiger partial charge in [-0.1, -0.05) is 28.1 Å². The highest BCUT2D eigenvalue weighted by atomic mass is 79.9. The second kappa shape index (κ2) is 7.20. The molecule has 0 spiro atoms. The van der Waals surface area contributed by atoms with Crippen molar-refractivity contribution in [1.82, 2.24) is 0 Å². The van der Waals surface area contributed by atoms with Gasteiger partial charge in [-0.25, -0.2) is 30.4 Å². The number of carbonyl (C=O) groups is 1. The number of benzene rings is 2. The average molecular weight is 443 g/mol. The summed E-state index contributed by atoms with van der Waals surface area (Å²) in [6, 6.07) is 5.81. The molecule has 0 heterocycles. The molecular weight excluding hydrogens is 435 g/mol. The van der Waals surface area contributed by atoms with Crippen LogP contribution in [0.3, 0.4) is 0 Å². The van der Waals surface area contributed by atoms with Crippen LogP contribution in [0.25, 0.3) is 0 Å². The lowest BCUT2D eigenvalue weighted by atomic mass is 10.1. The fourth-order valence-corrected chi connectivity index (χ4v) is 3.61. The summed E-state index contributed by atoms with van der Waals surface area (Å²) < 4.78 is 91.1. The minimum Gasteiger partial charge on any atom is -0.294 e. The second-order valence-electron chi connectivity index (χ2n) is 4.90. The maximum absolute atomic E-state index is 13.6. The normalized spacial score (nSPS) is 11.6. The Labute approximate surface area is 147 Å². The third kappa shape index (κ3) is 3.90. The van der Waals surface area contributed by atoms with Crippen LogP contribution in [-0.2, 0) is 9.84 Å². The molecule has 0 fully saturated rings. The number of Topliss-reactive ketones (excluding diaryl/α,β-unsaturated/α-hetero) is 1. The van der Waals surface area contributed by atoms with E-state index in [1.165, 1.54) is 24.3 Å². The van der Waals surface area contributed by atoms with E-state index in [1.54, 1.807) is 0 Å². The molecule has 0 unspecified atom stereocenters. The molecule has 2 aromatic rings. The van der Waals surface area contributed by atoms with Crippen molar-refractivity contribution < 1.29 is 35.2 Å². The number of carbonyl (C=O) groups excluding carboxylic acids is 1. The molecule has 0 radical (unpaired) electrons. The maximum Gasteiger partial charge on any atom is 0.200 e. The molecule has 2 rings (SSSR count). The molecule has 0 aliphatic rings. The van der Waals surface area contributed by atoms with Crippen LogP contribution < -0.4 is 0 Å². The van der Waals surface area contributed by atoms with Gasteiger partial charge in [-0.05, 0) is 12.1 Å². The molecule has 0 amide bonds. The van der Waals surface area contributed by atoms with Gasteiger partial charge >= 0.3 is 0 Å². The lowest BCUT2D eigenvalue weighted by molar-refractivity contribution is 0.0988. The number of ketones is 1. The Morgan fingerprint density at radius 2 is 1.28 bits per heavy atom. The van der Waals surface area contributed by atoms with E-state index in [0.717, 1.165) is 0 Å². The van der Waals surface area contributed by atoms with E-state index >= 15 is 0 Å². The monoisotopic (exact) mass is 442 g/mol. The minimum absolute atomic E-state index is 0.135. The highest BCUT2D eigenvalue weighted by Crippen LogP contribution is 2.28. The summed E-state index contributed by atoms with van der Waals surface area (Å²) in [6.45, 7) is 0. The highest BCUT2D eigenvalue weighted by molar-refractivity contribution is 9.10. The van der Waals surface area contributed by atoms with E-state index in [2.05, 4.69) is 15.9 Å². The van der Waals surface area contributed by atoms with E-state index in [9.17, 15) is 35.2 Å². The summed E-state index contributed by atoms with van der Waals surface area (Å²) in [5, 5.41) is 0. The molecule has 0 bridgehead atoms. The Balaban J connectivity index is 2.31. The van der Waals surface area contributed by atoms with Gasteiger partial charge in [0.15, 0.2) is 38.9 Å². The Morgan fingerprint density at radius 1 is 0.840 bits per heavy atom. The lowest BCUT2D eigenvalue weighted by Gasteiger charge is -2.09. The first-order valence-corrected chi connectivity index (χ1v) is 9.03. The summed E-state index contributed by atoms with van der Waals surface area (Å²) in [4.78, 5) is 9.98. The van der Waals surface area contributed by atoms with Crippen LogP contribution in [0.2, 0.25) is 0 Å². The topological polar surface area (TPSA) is 51.2 Å². The van der Waals surface area contributed by atoms with E-state index < -0.39 is 61.8 Å². The van der Waals surface area contributed by atoms with E-state index in [0.29, 0.717) is 4.47 Å². The molecule has 0 saturated carbocycles. The van der Waals surface area contributed by atoms with Crippen molar-refractivity contribution in [2.45, 2.75) is 11.3 Å². The number of hydrogen-bond acceptors (Lipinski definition) is 3. The molecule has 0 atom stereocenters. The summed E-state index contributed by atoms with van der Waals surface area (Å²) in [7, 11) is -4.92. The number of sulfone groups is 1. The SMILES string of the molecule is O=C(CCS(=O)(=O)c1c(F)c(F)c(F)c(F)c1F)c1ccc(Br)cc1. The smallest absolute Gasteiger partial charge is 0.200 e. The van der Waals surface area contributed by atoms with Crippen LogP contribution in [0, 0.1) is 29.1 Å². The fraction of sp³-hybridized carbons (Fsp3) is 0.133. The first-order valence-electron chi connectivity index (χ1n) is 6.59. The Bertz CT molecular complexity index is 914. The summed E-state index contributed by atoms with van der Waals surface area (Å²) in [5.74, 6) is -13.9. The van der Waals surface area contributed by atoms with Crippen molar-refractivity contribution in [1.29, 1.82) is 0 Å². The molecule has 2 aromatic carbocycles. The van der Waals surface area contributed by atoms with Crippen LogP contribution in [0.5, 0.6) is 0 Å². The first-order chi connectivity index (χ1) is 11.6. The quantitative estimate of drug-likeness (QED) is 0.229. The van der Waals surface area contributed by atoms with Gasteiger partial charge in [0, 0.05) is 16.5 Å². The van der Waals surface area contributed by atoms with Crippen LogP contribution in [-0.4, -0.2) is 20.0 Å². The van der Waals surface area contributed by atoms with Gasteiger partial charge in [0.25, 0.3) is 0 Å². The zero-order valence-corrected chi connectivity index (χ0v) is 14.5. The van der Waals surface area contributed by atoms with Gasteiger partial charge in [-0.2, -0.15) is 0 Å². The molecule has 25 heavy (non-hydrogen) atoms. The van der Waals surface area contributed by atoms with Crippen LogP contribution in [0.15, 0.2) is 33.6 Å². The Morgan fingerprint density at radius 3 is 1.76 bits per heavy atom. The number of hydrogen-bond donors (Lipinski definition) is 0. The van der Waals surface area contributed by atoms with E-state index in [4.69, 9.17) is 0 Å². The average Bonchev–Trinajstić information content (AvgIpc) is 2.57. The van der Waals surface area contributed by atoms with Crippen LogP contribution in [0.1, 0.15) is 16.8 Å². The summed E-state index contributed by atoms with van der Waals surface area (Å²) in [5.41, 5.74) is 0.135. The van der Waals surface area contributed by atoms with Crippen LogP contribution >= 0.6 is 15.9 Å². The molecule has 0 saturated heterocycles. The van der Waals surface area contributed by atoms with Crippen LogP contribution in [0.4, 0.5) is 22.0 Å². The molecule has 0 aliphatic carbocycles. The Kier molecular flexibility index (Phi) is 5.62. The standard InChI is InChI=1S/C15H8BrF5O3S/c16-8-3-1-7(2-4-8)9(22)5-6-25(23,24)15-13(20)11(18)10(17)12(19)14(15)21/h1-4H,5-6H2. The van der Waals surface area contributed by atoms with Crippen molar-refractivity contribution in [2.75, 3.05) is 5.75 Å². The molecule has 134 valence electrons. The van der Waals surface area contributed by atoms with Gasteiger partial charge in [-0.15, -0.1) is 0 Å². The van der Waals surface area contributed by atoms with Gasteiger partial charge in [0.2, 0.25) is 5.82 Å². The third-order valence-corrected chi connectivity index (χ3v) is 5.50. The molecule has 0 N–H and O–H groups in total. The van der Waals surface area contributed by atoms with Gasteiger partial charge in [0.05, 0.1) is 5.75 Å². The lowest BCUT2D eigenvalue weighted by Crippen LogP contribution is -2.17. The van der Waals surface area contributed by atoms with Crippen molar-refractivity contribution in [3.63, 3.8) is 0 Å². The first kappa shape index (κ1) is 19.5. The maximum atomic E-state index is 13.6. The van der Waals surface area contributed by atoms with Gasteiger partial charge in [0.1, 0.15) is 4.90 Å². The fourth-order valence-electron chi connectivity index (χ4n) is 1.97.